The molecule has 0 spiro atoms. The molecule has 120 valence electrons. The van der Waals surface area contributed by atoms with Gasteiger partial charge in [-0.2, -0.15) is 0 Å². The van der Waals surface area contributed by atoms with Gasteiger partial charge in [0.15, 0.2) is 0 Å². The number of Topliss-reactive ketones (excluding diaryl/α,β-unsaturated/α-hetero) is 2. The van der Waals surface area contributed by atoms with E-state index < -0.39 is 0 Å². The van der Waals surface area contributed by atoms with Gasteiger partial charge in [-0.05, 0) is 54.8 Å². The fraction of sp³-hybridized carbons (Fsp3) is 0.800. The van der Waals surface area contributed by atoms with E-state index >= 15 is 0 Å². The third kappa shape index (κ3) is 1.67. The standard InChI is InChI=1S/C20H28O2/c1-12-10-14(21)11-13-4-5-15-16-6-7-18(22)19(16,2)9-8-17(15)20(12,13)3/h4,12,15-17H,5-11H2,1-3H3/t12?,15-,16-,17+,19-,20-/m0/s1. The van der Waals surface area contributed by atoms with E-state index in [0.29, 0.717) is 41.7 Å². The molecule has 22 heavy (non-hydrogen) atoms. The molecule has 3 saturated carbocycles. The Labute approximate surface area is 133 Å². The number of ketones is 2. The predicted molar refractivity (Wildman–Crippen MR) is 86.3 cm³/mol. The van der Waals surface area contributed by atoms with Gasteiger partial charge >= 0.3 is 0 Å². The highest BCUT2D eigenvalue weighted by molar-refractivity contribution is 5.87. The van der Waals surface area contributed by atoms with Crippen molar-refractivity contribution in [1.82, 2.24) is 0 Å². The van der Waals surface area contributed by atoms with Crippen LogP contribution in [-0.4, -0.2) is 11.6 Å². The first-order valence-corrected chi connectivity index (χ1v) is 9.12. The smallest absolute Gasteiger partial charge is 0.139 e. The van der Waals surface area contributed by atoms with E-state index in [0.717, 1.165) is 32.1 Å². The van der Waals surface area contributed by atoms with Crippen molar-refractivity contribution in [2.75, 3.05) is 0 Å². The first-order chi connectivity index (χ1) is 10.4. The van der Waals surface area contributed by atoms with Crippen molar-refractivity contribution in [3.8, 4) is 0 Å². The van der Waals surface area contributed by atoms with Gasteiger partial charge in [-0.15, -0.1) is 0 Å². The first kappa shape index (κ1) is 14.7. The average Bonchev–Trinajstić information content (AvgIpc) is 2.77. The second-order valence-corrected chi connectivity index (χ2v) is 8.86. The van der Waals surface area contributed by atoms with Gasteiger partial charge < -0.3 is 0 Å². The van der Waals surface area contributed by atoms with Gasteiger partial charge in [-0.3, -0.25) is 9.59 Å². The highest BCUT2D eigenvalue weighted by Crippen LogP contribution is 2.64. The van der Waals surface area contributed by atoms with Crippen molar-refractivity contribution in [1.29, 1.82) is 0 Å². The third-order valence-electron chi connectivity index (χ3n) is 8.19. The maximum atomic E-state index is 12.4. The predicted octanol–water partition coefficient (Wildman–Crippen LogP) is 4.33. The summed E-state index contributed by atoms with van der Waals surface area (Å²) in [6.45, 7) is 6.94. The molecule has 1 unspecified atom stereocenters. The van der Waals surface area contributed by atoms with Crippen LogP contribution in [0, 0.1) is 34.5 Å². The number of carbonyl (C=O) groups excluding carboxylic acids is 2. The number of carbonyl (C=O) groups is 2. The Balaban J connectivity index is 1.74. The molecule has 2 nitrogen and oxygen atoms in total. The maximum Gasteiger partial charge on any atom is 0.139 e. The molecule has 4 aliphatic rings. The summed E-state index contributed by atoms with van der Waals surface area (Å²) in [5, 5.41) is 0. The molecule has 0 aromatic carbocycles. The Morgan fingerprint density at radius 3 is 2.68 bits per heavy atom. The monoisotopic (exact) mass is 300 g/mol. The number of hydrogen-bond donors (Lipinski definition) is 0. The molecule has 0 bridgehead atoms. The molecule has 4 aliphatic carbocycles. The minimum Gasteiger partial charge on any atom is -0.299 e. The van der Waals surface area contributed by atoms with Crippen LogP contribution in [0.1, 0.15) is 65.7 Å². The first-order valence-electron chi connectivity index (χ1n) is 9.12. The third-order valence-corrected chi connectivity index (χ3v) is 8.19. The Bertz CT molecular complexity index is 574. The van der Waals surface area contributed by atoms with E-state index in [2.05, 4.69) is 26.8 Å². The van der Waals surface area contributed by atoms with Gasteiger partial charge in [-0.25, -0.2) is 0 Å². The molecular formula is C20H28O2. The van der Waals surface area contributed by atoms with Crippen LogP contribution in [0.15, 0.2) is 11.6 Å². The highest BCUT2D eigenvalue weighted by Gasteiger charge is 2.59. The summed E-state index contributed by atoms with van der Waals surface area (Å²) < 4.78 is 0. The topological polar surface area (TPSA) is 34.1 Å². The van der Waals surface area contributed by atoms with Crippen molar-refractivity contribution in [2.45, 2.75) is 65.7 Å². The Kier molecular flexibility index (Phi) is 3.03. The van der Waals surface area contributed by atoms with Gasteiger partial charge in [0.05, 0.1) is 0 Å². The van der Waals surface area contributed by atoms with Gasteiger partial charge in [0.25, 0.3) is 0 Å². The van der Waals surface area contributed by atoms with E-state index in [-0.39, 0.29) is 10.8 Å². The lowest BCUT2D eigenvalue weighted by molar-refractivity contribution is -0.133. The molecule has 0 saturated heterocycles. The fourth-order valence-corrected chi connectivity index (χ4v) is 6.65. The molecule has 4 rings (SSSR count). The summed E-state index contributed by atoms with van der Waals surface area (Å²) in [6, 6.07) is 0. The highest BCUT2D eigenvalue weighted by atomic mass is 16.1. The second kappa shape index (κ2) is 4.55. The molecule has 0 N–H and O–H groups in total. The Morgan fingerprint density at radius 2 is 1.91 bits per heavy atom. The molecule has 0 aliphatic heterocycles. The second-order valence-electron chi connectivity index (χ2n) is 8.86. The fourth-order valence-electron chi connectivity index (χ4n) is 6.65. The molecule has 6 atom stereocenters. The maximum absolute atomic E-state index is 12.4. The van der Waals surface area contributed by atoms with Crippen molar-refractivity contribution >= 4 is 11.6 Å². The van der Waals surface area contributed by atoms with Crippen LogP contribution in [-0.2, 0) is 9.59 Å². The van der Waals surface area contributed by atoms with E-state index in [9.17, 15) is 9.59 Å². The zero-order valence-electron chi connectivity index (χ0n) is 14.2. The van der Waals surface area contributed by atoms with Crippen molar-refractivity contribution in [3.63, 3.8) is 0 Å². The molecule has 0 heterocycles. The van der Waals surface area contributed by atoms with Crippen LogP contribution in [0.3, 0.4) is 0 Å². The van der Waals surface area contributed by atoms with Gasteiger partial charge in [0.1, 0.15) is 11.6 Å². The van der Waals surface area contributed by atoms with Crippen LogP contribution in [0.5, 0.6) is 0 Å². The molecule has 3 fully saturated rings. The summed E-state index contributed by atoms with van der Waals surface area (Å²) in [7, 11) is 0. The number of allylic oxidation sites excluding steroid dienone is 2. The van der Waals surface area contributed by atoms with E-state index in [1.165, 1.54) is 12.0 Å². The van der Waals surface area contributed by atoms with E-state index in [1.54, 1.807) is 0 Å². The summed E-state index contributed by atoms with van der Waals surface area (Å²) >= 11 is 0. The number of rotatable bonds is 0. The molecule has 0 aromatic rings. The summed E-state index contributed by atoms with van der Waals surface area (Å²) in [5.41, 5.74) is 1.57. The molecule has 0 radical (unpaired) electrons. The largest absolute Gasteiger partial charge is 0.299 e. The lowest BCUT2D eigenvalue weighted by atomic mass is 9.46. The van der Waals surface area contributed by atoms with Crippen molar-refractivity contribution in [3.05, 3.63) is 11.6 Å². The molecule has 0 amide bonds. The molecular weight excluding hydrogens is 272 g/mol. The quantitative estimate of drug-likeness (QED) is 0.624. The SMILES string of the molecule is CC1CC(=O)CC2=CC[C@@H]3[C@@H](CC[C@]4(C)C(=O)CC[C@@H]34)[C@]21C. The van der Waals surface area contributed by atoms with Crippen LogP contribution >= 0.6 is 0 Å². The normalized spacial score (nSPS) is 51.0. The number of fused-ring (bicyclic) bond motifs is 5. The van der Waals surface area contributed by atoms with Crippen LogP contribution in [0.2, 0.25) is 0 Å². The van der Waals surface area contributed by atoms with Crippen LogP contribution in [0.25, 0.3) is 0 Å². The summed E-state index contributed by atoms with van der Waals surface area (Å²) in [5.74, 6) is 3.32. The molecule has 0 aromatic heterocycles. The Hall–Kier alpha value is -0.920. The lowest BCUT2D eigenvalue weighted by Crippen LogP contribution is -2.52. The minimum atomic E-state index is -0.0450. The average molecular weight is 300 g/mol. The molecule has 2 heteroatoms. The van der Waals surface area contributed by atoms with Crippen molar-refractivity contribution in [2.24, 2.45) is 34.5 Å². The van der Waals surface area contributed by atoms with Crippen molar-refractivity contribution < 1.29 is 9.59 Å². The van der Waals surface area contributed by atoms with E-state index in [1.807, 2.05) is 0 Å². The minimum absolute atomic E-state index is 0.0450. The lowest BCUT2D eigenvalue weighted by Gasteiger charge is -2.58. The van der Waals surface area contributed by atoms with Crippen LogP contribution < -0.4 is 0 Å². The zero-order chi connectivity index (χ0) is 15.7. The zero-order valence-corrected chi connectivity index (χ0v) is 14.2. The van der Waals surface area contributed by atoms with E-state index in [4.69, 9.17) is 0 Å². The Morgan fingerprint density at radius 1 is 1.14 bits per heavy atom. The van der Waals surface area contributed by atoms with Crippen LogP contribution in [0.4, 0.5) is 0 Å². The summed E-state index contributed by atoms with van der Waals surface area (Å²) in [4.78, 5) is 24.4. The summed E-state index contributed by atoms with van der Waals surface area (Å²) in [6.07, 6.45) is 9.07. The van der Waals surface area contributed by atoms with Gasteiger partial charge in [0.2, 0.25) is 0 Å². The number of hydrogen-bond acceptors (Lipinski definition) is 2. The van der Waals surface area contributed by atoms with Gasteiger partial charge in [0, 0.05) is 24.7 Å². The van der Waals surface area contributed by atoms with Gasteiger partial charge in [-0.1, -0.05) is 32.4 Å².